The lowest BCUT2D eigenvalue weighted by atomic mass is 9.84. The van der Waals surface area contributed by atoms with Crippen LogP contribution >= 0.6 is 11.6 Å². The molecule has 1 aliphatic rings. The lowest BCUT2D eigenvalue weighted by Gasteiger charge is -2.28. The van der Waals surface area contributed by atoms with Gasteiger partial charge in [-0.2, -0.15) is 0 Å². The zero-order chi connectivity index (χ0) is 14.5. The van der Waals surface area contributed by atoms with E-state index in [1.165, 1.54) is 19.3 Å². The molecule has 1 aliphatic carbocycles. The number of benzene rings is 1. The maximum atomic E-state index is 12.1. The number of amides is 1. The summed E-state index contributed by atoms with van der Waals surface area (Å²) in [4.78, 5) is 12.1. The van der Waals surface area contributed by atoms with Gasteiger partial charge in [0, 0.05) is 11.1 Å². The Kier molecular flexibility index (Phi) is 5.47. The van der Waals surface area contributed by atoms with Crippen molar-refractivity contribution in [1.29, 1.82) is 0 Å². The Labute approximate surface area is 126 Å². The fourth-order valence-electron chi connectivity index (χ4n) is 2.96. The molecule has 0 saturated heterocycles. The van der Waals surface area contributed by atoms with Crippen molar-refractivity contribution in [2.24, 2.45) is 5.92 Å². The molecule has 0 aromatic heterocycles. The van der Waals surface area contributed by atoms with Crippen LogP contribution in [-0.4, -0.2) is 11.9 Å². The highest BCUT2D eigenvalue weighted by Crippen LogP contribution is 2.26. The number of nitrogens with one attached hydrogen (secondary N) is 1. The molecule has 0 aliphatic heterocycles. The minimum Gasteiger partial charge on any atom is -0.353 e. The summed E-state index contributed by atoms with van der Waals surface area (Å²) >= 11 is 6.17. The van der Waals surface area contributed by atoms with Gasteiger partial charge in [0.2, 0.25) is 5.91 Å². The van der Waals surface area contributed by atoms with E-state index < -0.39 is 0 Å². The minimum absolute atomic E-state index is 0.0932. The number of carbonyl (C=O) groups excluding carboxylic acids is 1. The van der Waals surface area contributed by atoms with Crippen molar-refractivity contribution >= 4 is 17.5 Å². The van der Waals surface area contributed by atoms with Gasteiger partial charge in [-0.1, -0.05) is 37.1 Å². The van der Waals surface area contributed by atoms with Crippen LogP contribution in [0.2, 0.25) is 5.02 Å². The second kappa shape index (κ2) is 7.12. The summed E-state index contributed by atoms with van der Waals surface area (Å²) in [6.07, 6.45) is 6.36. The summed E-state index contributed by atoms with van der Waals surface area (Å²) in [5.41, 5.74) is 2.04. The summed E-state index contributed by atoms with van der Waals surface area (Å²) in [6.45, 7) is 4.25. The zero-order valence-corrected chi connectivity index (χ0v) is 13.2. The van der Waals surface area contributed by atoms with E-state index >= 15 is 0 Å². The highest BCUT2D eigenvalue weighted by Gasteiger charge is 2.21. The van der Waals surface area contributed by atoms with E-state index in [1.807, 2.05) is 25.1 Å². The average molecular weight is 294 g/mol. The maximum Gasteiger partial charge on any atom is 0.224 e. The van der Waals surface area contributed by atoms with Gasteiger partial charge in [0.25, 0.3) is 0 Å². The number of rotatable bonds is 4. The first-order chi connectivity index (χ1) is 9.58. The molecule has 1 amide bonds. The molecule has 0 unspecified atom stereocenters. The Hall–Kier alpha value is -1.02. The summed E-state index contributed by atoms with van der Waals surface area (Å²) in [6, 6.07) is 6.22. The van der Waals surface area contributed by atoms with E-state index in [2.05, 4.69) is 12.2 Å². The van der Waals surface area contributed by atoms with Gasteiger partial charge in [-0.3, -0.25) is 4.79 Å². The molecule has 0 atom stereocenters. The molecule has 1 fully saturated rings. The predicted molar refractivity (Wildman–Crippen MR) is 84.1 cm³/mol. The summed E-state index contributed by atoms with van der Waals surface area (Å²) in [5, 5.41) is 3.85. The highest BCUT2D eigenvalue weighted by molar-refractivity contribution is 6.31. The fraction of sp³-hybridized carbons (Fsp3) is 0.588. The topological polar surface area (TPSA) is 29.1 Å². The number of hydrogen-bond acceptors (Lipinski definition) is 1. The first kappa shape index (κ1) is 15.4. The Balaban J connectivity index is 1.84. The van der Waals surface area contributed by atoms with Crippen molar-refractivity contribution in [3.63, 3.8) is 0 Å². The van der Waals surface area contributed by atoms with Crippen molar-refractivity contribution < 1.29 is 4.79 Å². The van der Waals surface area contributed by atoms with Gasteiger partial charge in [0.1, 0.15) is 0 Å². The third-order valence-electron chi connectivity index (χ3n) is 4.35. The normalized spacial score (nSPS) is 22.6. The number of aryl methyl sites for hydroxylation is 1. The molecule has 110 valence electrons. The smallest absolute Gasteiger partial charge is 0.224 e. The van der Waals surface area contributed by atoms with E-state index in [0.717, 1.165) is 29.9 Å². The molecule has 2 rings (SSSR count). The fourth-order valence-corrected chi connectivity index (χ4v) is 3.26. The Morgan fingerprint density at radius 3 is 2.60 bits per heavy atom. The molecule has 1 aromatic rings. The average Bonchev–Trinajstić information content (AvgIpc) is 2.43. The Morgan fingerprint density at radius 2 is 2.00 bits per heavy atom. The van der Waals surface area contributed by atoms with Crippen molar-refractivity contribution in [1.82, 2.24) is 5.32 Å². The highest BCUT2D eigenvalue weighted by atomic mass is 35.5. The van der Waals surface area contributed by atoms with Gasteiger partial charge in [-0.25, -0.2) is 0 Å². The van der Waals surface area contributed by atoms with Crippen LogP contribution in [0.4, 0.5) is 0 Å². The third kappa shape index (κ3) is 4.24. The largest absolute Gasteiger partial charge is 0.353 e. The molecule has 1 saturated carbocycles. The Bertz CT molecular complexity index is 464. The molecule has 1 aromatic carbocycles. The zero-order valence-electron chi connectivity index (χ0n) is 12.4. The Morgan fingerprint density at radius 1 is 1.30 bits per heavy atom. The van der Waals surface area contributed by atoms with E-state index in [4.69, 9.17) is 11.6 Å². The lowest BCUT2D eigenvalue weighted by Crippen LogP contribution is -2.38. The molecule has 0 radical (unpaired) electrons. The standard InChI is InChI=1S/C17H24ClNO/c1-3-13-5-8-15(9-6-13)19-17(20)11-14-7-4-12(2)10-16(14)18/h4,7,10,13,15H,3,5-6,8-9,11H2,1-2H3,(H,19,20). The summed E-state index contributed by atoms with van der Waals surface area (Å²) in [5.74, 6) is 0.949. The van der Waals surface area contributed by atoms with Gasteiger partial charge in [0.15, 0.2) is 0 Å². The molecule has 1 N–H and O–H groups in total. The quantitative estimate of drug-likeness (QED) is 0.882. The second-order valence-electron chi connectivity index (χ2n) is 5.97. The van der Waals surface area contributed by atoms with Crippen molar-refractivity contribution in [2.75, 3.05) is 0 Å². The van der Waals surface area contributed by atoms with Crippen LogP contribution in [-0.2, 0) is 11.2 Å². The van der Waals surface area contributed by atoms with Crippen molar-refractivity contribution in [3.05, 3.63) is 34.3 Å². The van der Waals surface area contributed by atoms with Crippen LogP contribution in [0.15, 0.2) is 18.2 Å². The van der Waals surface area contributed by atoms with Gasteiger partial charge >= 0.3 is 0 Å². The van der Waals surface area contributed by atoms with Gasteiger partial charge in [-0.05, 0) is 55.7 Å². The monoisotopic (exact) mass is 293 g/mol. The molecular formula is C17H24ClNO. The van der Waals surface area contributed by atoms with E-state index in [9.17, 15) is 4.79 Å². The van der Waals surface area contributed by atoms with Gasteiger partial charge < -0.3 is 5.32 Å². The minimum atomic E-state index is 0.0932. The number of carbonyl (C=O) groups is 1. The first-order valence-electron chi connectivity index (χ1n) is 7.63. The van der Waals surface area contributed by atoms with Crippen LogP contribution in [0.3, 0.4) is 0 Å². The summed E-state index contributed by atoms with van der Waals surface area (Å²) in [7, 11) is 0. The van der Waals surface area contributed by atoms with Crippen molar-refractivity contribution in [3.8, 4) is 0 Å². The summed E-state index contributed by atoms with van der Waals surface area (Å²) < 4.78 is 0. The van der Waals surface area contributed by atoms with E-state index in [-0.39, 0.29) is 5.91 Å². The van der Waals surface area contributed by atoms with Crippen LogP contribution in [0.5, 0.6) is 0 Å². The van der Waals surface area contributed by atoms with Crippen LogP contribution in [0.1, 0.15) is 50.2 Å². The van der Waals surface area contributed by atoms with Crippen LogP contribution in [0.25, 0.3) is 0 Å². The van der Waals surface area contributed by atoms with Gasteiger partial charge in [-0.15, -0.1) is 0 Å². The second-order valence-corrected chi connectivity index (χ2v) is 6.37. The van der Waals surface area contributed by atoms with Crippen LogP contribution < -0.4 is 5.32 Å². The van der Waals surface area contributed by atoms with Crippen LogP contribution in [0, 0.1) is 12.8 Å². The molecule has 20 heavy (non-hydrogen) atoms. The third-order valence-corrected chi connectivity index (χ3v) is 4.70. The molecule has 3 heteroatoms. The molecule has 2 nitrogen and oxygen atoms in total. The first-order valence-corrected chi connectivity index (χ1v) is 8.00. The SMILES string of the molecule is CCC1CCC(NC(=O)Cc2ccc(C)cc2Cl)CC1. The molecule has 0 heterocycles. The van der Waals surface area contributed by atoms with E-state index in [0.29, 0.717) is 17.5 Å². The molecule has 0 spiro atoms. The van der Waals surface area contributed by atoms with Gasteiger partial charge in [0.05, 0.1) is 6.42 Å². The maximum absolute atomic E-state index is 12.1. The van der Waals surface area contributed by atoms with Crippen molar-refractivity contribution in [2.45, 2.75) is 58.4 Å². The lowest BCUT2D eigenvalue weighted by molar-refractivity contribution is -0.121. The molecular weight excluding hydrogens is 270 g/mol. The van der Waals surface area contributed by atoms with E-state index in [1.54, 1.807) is 0 Å². The molecule has 0 bridgehead atoms. The number of halogens is 1. The predicted octanol–water partition coefficient (Wildman–Crippen LogP) is 4.28. The number of hydrogen-bond donors (Lipinski definition) is 1.